The summed E-state index contributed by atoms with van der Waals surface area (Å²) in [6.07, 6.45) is -4.30. The first-order valence-corrected chi connectivity index (χ1v) is 7.13. The Balaban J connectivity index is 1.83. The molecular weight excluding hydrogens is 283 g/mol. The standard InChI is InChI=1S/C15H14F3NS/c16-15(17,18)12-5-4-6-13(11-12)19-9-10-20-14-7-2-1-3-8-14/h1-8,11,19H,9-10H2. The van der Waals surface area contributed by atoms with E-state index in [2.05, 4.69) is 5.32 Å². The van der Waals surface area contributed by atoms with Gasteiger partial charge in [-0.2, -0.15) is 13.2 Å². The molecule has 0 aliphatic rings. The molecule has 0 aliphatic carbocycles. The molecule has 2 aromatic carbocycles. The molecule has 20 heavy (non-hydrogen) atoms. The Bertz CT molecular complexity index is 540. The van der Waals surface area contributed by atoms with Crippen molar-refractivity contribution in [1.82, 2.24) is 0 Å². The Kier molecular flexibility index (Phi) is 4.95. The van der Waals surface area contributed by atoms with Gasteiger partial charge in [-0.15, -0.1) is 11.8 Å². The fourth-order valence-electron chi connectivity index (χ4n) is 1.69. The van der Waals surface area contributed by atoms with E-state index in [1.54, 1.807) is 17.8 Å². The summed E-state index contributed by atoms with van der Waals surface area (Å²) in [7, 11) is 0. The average molecular weight is 297 g/mol. The molecular formula is C15H14F3NS. The molecule has 1 N–H and O–H groups in total. The molecule has 0 aliphatic heterocycles. The van der Waals surface area contributed by atoms with Crippen molar-refractivity contribution in [1.29, 1.82) is 0 Å². The molecule has 0 unspecified atom stereocenters. The zero-order valence-electron chi connectivity index (χ0n) is 10.7. The van der Waals surface area contributed by atoms with Crippen LogP contribution >= 0.6 is 11.8 Å². The topological polar surface area (TPSA) is 12.0 Å². The predicted octanol–water partition coefficient (Wildman–Crippen LogP) is 4.91. The molecule has 0 atom stereocenters. The van der Waals surface area contributed by atoms with Crippen molar-refractivity contribution in [3.8, 4) is 0 Å². The molecule has 0 spiro atoms. The zero-order chi connectivity index (χ0) is 14.4. The number of thioether (sulfide) groups is 1. The molecule has 0 radical (unpaired) electrons. The predicted molar refractivity (Wildman–Crippen MR) is 77.1 cm³/mol. The molecule has 0 saturated carbocycles. The van der Waals surface area contributed by atoms with Gasteiger partial charge in [-0.25, -0.2) is 0 Å². The van der Waals surface area contributed by atoms with Gasteiger partial charge in [0, 0.05) is 22.9 Å². The van der Waals surface area contributed by atoms with Gasteiger partial charge in [0.15, 0.2) is 0 Å². The zero-order valence-corrected chi connectivity index (χ0v) is 11.5. The van der Waals surface area contributed by atoms with Gasteiger partial charge >= 0.3 is 6.18 Å². The minimum atomic E-state index is -4.30. The second-order valence-electron chi connectivity index (χ2n) is 4.17. The SMILES string of the molecule is FC(F)(F)c1cccc(NCCSc2ccccc2)c1. The van der Waals surface area contributed by atoms with E-state index in [4.69, 9.17) is 0 Å². The van der Waals surface area contributed by atoms with Crippen LogP contribution in [0.15, 0.2) is 59.5 Å². The van der Waals surface area contributed by atoms with E-state index in [1.807, 2.05) is 30.3 Å². The van der Waals surface area contributed by atoms with Crippen molar-refractivity contribution in [2.75, 3.05) is 17.6 Å². The Hall–Kier alpha value is -1.62. The summed E-state index contributed by atoms with van der Waals surface area (Å²) in [4.78, 5) is 1.15. The van der Waals surface area contributed by atoms with Gasteiger partial charge < -0.3 is 5.32 Å². The van der Waals surface area contributed by atoms with Crippen molar-refractivity contribution < 1.29 is 13.2 Å². The molecule has 0 saturated heterocycles. The van der Waals surface area contributed by atoms with Crippen molar-refractivity contribution in [3.05, 3.63) is 60.2 Å². The second-order valence-corrected chi connectivity index (χ2v) is 5.34. The molecule has 0 aromatic heterocycles. The first-order valence-electron chi connectivity index (χ1n) is 6.15. The molecule has 0 bridgehead atoms. The Morgan fingerprint density at radius 3 is 2.40 bits per heavy atom. The van der Waals surface area contributed by atoms with Gasteiger partial charge in [0.2, 0.25) is 0 Å². The lowest BCUT2D eigenvalue weighted by atomic mass is 10.2. The maximum atomic E-state index is 12.5. The highest BCUT2D eigenvalue weighted by molar-refractivity contribution is 7.99. The normalized spacial score (nSPS) is 11.3. The number of halogens is 3. The van der Waals surface area contributed by atoms with Gasteiger partial charge in [-0.05, 0) is 30.3 Å². The van der Waals surface area contributed by atoms with Crippen molar-refractivity contribution in [2.45, 2.75) is 11.1 Å². The maximum absolute atomic E-state index is 12.5. The van der Waals surface area contributed by atoms with Crippen LogP contribution < -0.4 is 5.32 Å². The van der Waals surface area contributed by atoms with E-state index >= 15 is 0 Å². The fourth-order valence-corrected chi connectivity index (χ4v) is 2.48. The van der Waals surface area contributed by atoms with E-state index in [9.17, 15) is 13.2 Å². The Morgan fingerprint density at radius 1 is 0.950 bits per heavy atom. The van der Waals surface area contributed by atoms with Crippen LogP contribution in [-0.2, 0) is 6.18 Å². The summed E-state index contributed by atoms with van der Waals surface area (Å²) in [5.41, 5.74) is -0.133. The van der Waals surface area contributed by atoms with Crippen molar-refractivity contribution in [2.24, 2.45) is 0 Å². The number of hydrogen-bond donors (Lipinski definition) is 1. The van der Waals surface area contributed by atoms with Gasteiger partial charge in [0.1, 0.15) is 0 Å². The minimum Gasteiger partial charge on any atom is -0.384 e. The van der Waals surface area contributed by atoms with Crippen LogP contribution in [0.1, 0.15) is 5.56 Å². The smallest absolute Gasteiger partial charge is 0.384 e. The van der Waals surface area contributed by atoms with E-state index < -0.39 is 11.7 Å². The van der Waals surface area contributed by atoms with Crippen LogP contribution in [0.3, 0.4) is 0 Å². The minimum absolute atomic E-state index is 0.494. The molecule has 0 fully saturated rings. The third-order valence-electron chi connectivity index (χ3n) is 2.63. The van der Waals surface area contributed by atoms with Gasteiger partial charge in [0.05, 0.1) is 5.56 Å². The maximum Gasteiger partial charge on any atom is 0.416 e. The summed E-state index contributed by atoms with van der Waals surface area (Å²) in [5, 5.41) is 3.01. The molecule has 0 heterocycles. The van der Waals surface area contributed by atoms with Gasteiger partial charge in [-0.1, -0.05) is 24.3 Å². The van der Waals surface area contributed by atoms with E-state index in [1.165, 1.54) is 6.07 Å². The summed E-state index contributed by atoms with van der Waals surface area (Å²) >= 11 is 1.66. The lowest BCUT2D eigenvalue weighted by Crippen LogP contribution is -2.08. The third-order valence-corrected chi connectivity index (χ3v) is 3.65. The Labute approximate surface area is 120 Å². The van der Waals surface area contributed by atoms with E-state index in [0.29, 0.717) is 12.2 Å². The third kappa shape index (κ3) is 4.49. The van der Waals surface area contributed by atoms with Crippen LogP contribution in [-0.4, -0.2) is 12.3 Å². The highest BCUT2D eigenvalue weighted by Gasteiger charge is 2.30. The number of nitrogens with one attached hydrogen (secondary N) is 1. The van der Waals surface area contributed by atoms with Crippen LogP contribution in [0, 0.1) is 0 Å². The monoisotopic (exact) mass is 297 g/mol. The van der Waals surface area contributed by atoms with Crippen LogP contribution in [0.4, 0.5) is 18.9 Å². The number of alkyl halides is 3. The fraction of sp³-hybridized carbons (Fsp3) is 0.200. The van der Waals surface area contributed by atoms with Crippen LogP contribution in [0.5, 0.6) is 0 Å². The second kappa shape index (κ2) is 6.70. The highest BCUT2D eigenvalue weighted by Crippen LogP contribution is 2.30. The summed E-state index contributed by atoms with van der Waals surface area (Å²) < 4.78 is 37.6. The first kappa shape index (κ1) is 14.8. The lowest BCUT2D eigenvalue weighted by Gasteiger charge is -2.10. The quantitative estimate of drug-likeness (QED) is 0.621. The van der Waals surface area contributed by atoms with Crippen LogP contribution in [0.25, 0.3) is 0 Å². The largest absolute Gasteiger partial charge is 0.416 e. The molecule has 2 aromatic rings. The number of hydrogen-bond acceptors (Lipinski definition) is 2. The molecule has 106 valence electrons. The highest BCUT2D eigenvalue weighted by atomic mass is 32.2. The first-order chi connectivity index (χ1) is 9.55. The summed E-state index contributed by atoms with van der Waals surface area (Å²) in [6, 6.07) is 15.1. The molecule has 0 amide bonds. The Morgan fingerprint density at radius 2 is 1.70 bits per heavy atom. The molecule has 2 rings (SSSR count). The molecule has 5 heteroatoms. The van der Waals surface area contributed by atoms with E-state index in [-0.39, 0.29) is 0 Å². The van der Waals surface area contributed by atoms with Crippen LogP contribution in [0.2, 0.25) is 0 Å². The van der Waals surface area contributed by atoms with E-state index in [0.717, 1.165) is 22.8 Å². The van der Waals surface area contributed by atoms with Gasteiger partial charge in [-0.3, -0.25) is 0 Å². The number of rotatable bonds is 5. The number of anilines is 1. The van der Waals surface area contributed by atoms with Gasteiger partial charge in [0.25, 0.3) is 0 Å². The lowest BCUT2D eigenvalue weighted by molar-refractivity contribution is -0.137. The molecule has 1 nitrogen and oxygen atoms in total. The summed E-state index contributed by atoms with van der Waals surface area (Å²) in [5.74, 6) is 0.792. The number of benzene rings is 2. The van der Waals surface area contributed by atoms with Crippen molar-refractivity contribution in [3.63, 3.8) is 0 Å². The van der Waals surface area contributed by atoms with Crippen molar-refractivity contribution >= 4 is 17.4 Å². The average Bonchev–Trinajstić information content (AvgIpc) is 2.44. The summed E-state index contributed by atoms with van der Waals surface area (Å²) in [6.45, 7) is 0.612.